The standard InChI is InChI=1S/C15H20Br2N2O2/c1-18-6-4-12(5-7-18)19(8-9-20)15(21)13-3-2-11(16)10-14(13)17/h2-3,10,12,20H,4-9H2,1H3. The van der Waals surface area contributed by atoms with Gasteiger partial charge >= 0.3 is 0 Å². The summed E-state index contributed by atoms with van der Waals surface area (Å²) in [5, 5.41) is 9.30. The number of rotatable bonds is 4. The SMILES string of the molecule is CN1CCC(N(CCO)C(=O)c2ccc(Br)cc2Br)CC1. The fourth-order valence-electron chi connectivity index (χ4n) is 2.68. The summed E-state index contributed by atoms with van der Waals surface area (Å²) in [6.45, 7) is 2.35. The van der Waals surface area contributed by atoms with Gasteiger partial charge in [0.05, 0.1) is 12.2 Å². The Balaban J connectivity index is 2.18. The van der Waals surface area contributed by atoms with Gasteiger partial charge < -0.3 is 14.9 Å². The Morgan fingerprint density at radius 1 is 1.38 bits per heavy atom. The number of carbonyl (C=O) groups excluding carboxylic acids is 1. The molecule has 1 fully saturated rings. The first-order valence-corrected chi connectivity index (χ1v) is 8.67. The number of carbonyl (C=O) groups is 1. The molecule has 1 aromatic carbocycles. The fraction of sp³-hybridized carbons (Fsp3) is 0.533. The molecule has 1 aliphatic heterocycles. The average molecular weight is 420 g/mol. The van der Waals surface area contributed by atoms with E-state index < -0.39 is 0 Å². The minimum atomic E-state index is -0.0158. The van der Waals surface area contributed by atoms with E-state index >= 15 is 0 Å². The van der Waals surface area contributed by atoms with Crippen LogP contribution in [0.5, 0.6) is 0 Å². The van der Waals surface area contributed by atoms with Gasteiger partial charge in [0.1, 0.15) is 0 Å². The minimum Gasteiger partial charge on any atom is -0.395 e. The Labute approximate surface area is 142 Å². The van der Waals surface area contributed by atoms with Crippen LogP contribution < -0.4 is 0 Å². The monoisotopic (exact) mass is 418 g/mol. The number of nitrogens with zero attached hydrogens (tertiary/aromatic N) is 2. The second kappa shape index (κ2) is 7.72. The van der Waals surface area contributed by atoms with Gasteiger partial charge in [-0.05, 0) is 67.1 Å². The van der Waals surface area contributed by atoms with Crippen LogP contribution in [0.3, 0.4) is 0 Å². The summed E-state index contributed by atoms with van der Waals surface area (Å²) < 4.78 is 1.71. The highest BCUT2D eigenvalue weighted by molar-refractivity contribution is 9.11. The topological polar surface area (TPSA) is 43.8 Å². The number of aliphatic hydroxyl groups excluding tert-OH is 1. The van der Waals surface area contributed by atoms with E-state index in [0.717, 1.165) is 34.9 Å². The third-order valence-corrected chi connectivity index (χ3v) is 5.04. The normalized spacial score (nSPS) is 17.0. The van der Waals surface area contributed by atoms with Crippen LogP contribution >= 0.6 is 31.9 Å². The number of benzene rings is 1. The molecule has 6 heteroatoms. The van der Waals surface area contributed by atoms with Gasteiger partial charge in [-0.15, -0.1) is 0 Å². The molecule has 1 aliphatic rings. The average Bonchev–Trinajstić information content (AvgIpc) is 2.45. The van der Waals surface area contributed by atoms with E-state index in [9.17, 15) is 9.90 Å². The zero-order chi connectivity index (χ0) is 15.4. The Morgan fingerprint density at radius 2 is 2.05 bits per heavy atom. The van der Waals surface area contributed by atoms with E-state index in [1.807, 2.05) is 23.1 Å². The van der Waals surface area contributed by atoms with Crippen LogP contribution in [0.2, 0.25) is 0 Å². The van der Waals surface area contributed by atoms with Gasteiger partial charge in [0.25, 0.3) is 5.91 Å². The minimum absolute atomic E-state index is 0.00771. The van der Waals surface area contributed by atoms with Crippen molar-refractivity contribution in [2.45, 2.75) is 18.9 Å². The van der Waals surface area contributed by atoms with Crippen molar-refractivity contribution >= 4 is 37.8 Å². The number of likely N-dealkylation sites (tertiary alicyclic amines) is 1. The van der Waals surface area contributed by atoms with Crippen molar-refractivity contribution in [3.63, 3.8) is 0 Å². The van der Waals surface area contributed by atoms with Crippen molar-refractivity contribution in [3.8, 4) is 0 Å². The van der Waals surface area contributed by atoms with Crippen molar-refractivity contribution < 1.29 is 9.90 Å². The van der Waals surface area contributed by atoms with Gasteiger partial charge in [-0.2, -0.15) is 0 Å². The zero-order valence-electron chi connectivity index (χ0n) is 12.1. The van der Waals surface area contributed by atoms with E-state index in [-0.39, 0.29) is 18.6 Å². The van der Waals surface area contributed by atoms with E-state index in [4.69, 9.17) is 0 Å². The van der Waals surface area contributed by atoms with Gasteiger partial charge in [-0.3, -0.25) is 4.79 Å². The van der Waals surface area contributed by atoms with Crippen LogP contribution in [0.15, 0.2) is 27.1 Å². The molecule has 0 aromatic heterocycles. The summed E-state index contributed by atoms with van der Waals surface area (Å²) in [4.78, 5) is 16.9. The van der Waals surface area contributed by atoms with Gasteiger partial charge in [0.15, 0.2) is 0 Å². The molecular weight excluding hydrogens is 400 g/mol. The number of aliphatic hydroxyl groups is 1. The molecule has 0 unspecified atom stereocenters. The molecule has 1 saturated heterocycles. The molecule has 0 saturated carbocycles. The maximum atomic E-state index is 12.8. The van der Waals surface area contributed by atoms with Crippen molar-refractivity contribution in [3.05, 3.63) is 32.7 Å². The van der Waals surface area contributed by atoms with Crippen LogP contribution in [-0.4, -0.2) is 60.1 Å². The summed E-state index contributed by atoms with van der Waals surface area (Å²) in [6.07, 6.45) is 1.91. The van der Waals surface area contributed by atoms with Crippen molar-refractivity contribution in [2.75, 3.05) is 33.3 Å². The molecule has 1 heterocycles. The maximum absolute atomic E-state index is 12.8. The third-order valence-electron chi connectivity index (χ3n) is 3.89. The van der Waals surface area contributed by atoms with Crippen LogP contribution in [0, 0.1) is 0 Å². The second-order valence-corrected chi connectivity index (χ2v) is 7.15. The first kappa shape index (κ1) is 16.9. The summed E-state index contributed by atoms with van der Waals surface area (Å²) in [5.74, 6) is -0.0158. The molecule has 0 atom stereocenters. The van der Waals surface area contributed by atoms with Crippen molar-refractivity contribution in [1.82, 2.24) is 9.80 Å². The summed E-state index contributed by atoms with van der Waals surface area (Å²) in [6, 6.07) is 5.76. The largest absolute Gasteiger partial charge is 0.395 e. The number of halogens is 2. The Morgan fingerprint density at radius 3 is 2.62 bits per heavy atom. The lowest BCUT2D eigenvalue weighted by Crippen LogP contribution is -2.47. The predicted octanol–water partition coefficient (Wildman–Crippen LogP) is 2.74. The highest BCUT2D eigenvalue weighted by atomic mass is 79.9. The molecular formula is C15H20Br2N2O2. The molecule has 2 rings (SSSR count). The van der Waals surface area contributed by atoms with E-state index in [1.54, 1.807) is 0 Å². The first-order chi connectivity index (χ1) is 10.0. The Bertz CT molecular complexity index is 502. The van der Waals surface area contributed by atoms with Crippen LogP contribution in [-0.2, 0) is 0 Å². The molecule has 116 valence electrons. The van der Waals surface area contributed by atoms with E-state index in [2.05, 4.69) is 43.8 Å². The quantitative estimate of drug-likeness (QED) is 0.815. The highest BCUT2D eigenvalue weighted by Crippen LogP contribution is 2.25. The van der Waals surface area contributed by atoms with Crippen LogP contribution in [0.25, 0.3) is 0 Å². The summed E-state index contributed by atoms with van der Waals surface area (Å²) in [5.41, 5.74) is 0.644. The zero-order valence-corrected chi connectivity index (χ0v) is 15.2. The number of amides is 1. The van der Waals surface area contributed by atoms with Crippen molar-refractivity contribution in [1.29, 1.82) is 0 Å². The first-order valence-electron chi connectivity index (χ1n) is 7.08. The van der Waals surface area contributed by atoms with E-state index in [0.29, 0.717) is 12.1 Å². The molecule has 1 aromatic rings. The lowest BCUT2D eigenvalue weighted by molar-refractivity contribution is 0.0539. The van der Waals surface area contributed by atoms with Gasteiger partial charge in [0.2, 0.25) is 0 Å². The Kier molecular flexibility index (Phi) is 6.22. The number of piperidine rings is 1. The molecule has 21 heavy (non-hydrogen) atoms. The Hall–Kier alpha value is -0.430. The fourth-order valence-corrected chi connectivity index (χ4v) is 3.90. The molecule has 0 radical (unpaired) electrons. The summed E-state index contributed by atoms with van der Waals surface area (Å²) >= 11 is 6.85. The lowest BCUT2D eigenvalue weighted by atomic mass is 10.0. The molecule has 0 spiro atoms. The molecule has 0 bridgehead atoms. The summed E-state index contributed by atoms with van der Waals surface area (Å²) in [7, 11) is 2.10. The van der Waals surface area contributed by atoms with Gasteiger partial charge in [-0.1, -0.05) is 15.9 Å². The second-order valence-electron chi connectivity index (χ2n) is 5.38. The smallest absolute Gasteiger partial charge is 0.255 e. The van der Waals surface area contributed by atoms with Crippen LogP contribution in [0.1, 0.15) is 23.2 Å². The molecule has 1 amide bonds. The third kappa shape index (κ3) is 4.28. The maximum Gasteiger partial charge on any atom is 0.255 e. The number of hydrogen-bond donors (Lipinski definition) is 1. The van der Waals surface area contributed by atoms with Crippen molar-refractivity contribution in [2.24, 2.45) is 0 Å². The molecule has 0 aliphatic carbocycles. The van der Waals surface area contributed by atoms with Crippen LogP contribution in [0.4, 0.5) is 0 Å². The lowest BCUT2D eigenvalue weighted by Gasteiger charge is -2.37. The number of hydrogen-bond acceptors (Lipinski definition) is 3. The molecule has 4 nitrogen and oxygen atoms in total. The predicted molar refractivity (Wildman–Crippen MR) is 90.5 cm³/mol. The van der Waals surface area contributed by atoms with E-state index in [1.165, 1.54) is 0 Å². The highest BCUT2D eigenvalue weighted by Gasteiger charge is 2.28. The molecule has 1 N–H and O–H groups in total. The van der Waals surface area contributed by atoms with Gasteiger partial charge in [0, 0.05) is 21.5 Å². The van der Waals surface area contributed by atoms with Gasteiger partial charge in [-0.25, -0.2) is 0 Å².